The number of nitrogens with one attached hydrogen (secondary N) is 2. The Bertz CT molecular complexity index is 776. The van der Waals surface area contributed by atoms with Crippen LogP contribution in [0.15, 0.2) is 41.5 Å². The summed E-state index contributed by atoms with van der Waals surface area (Å²) in [5.41, 5.74) is 16.1. The van der Waals surface area contributed by atoms with Crippen molar-refractivity contribution >= 4 is 28.7 Å². The number of anilines is 2. The lowest BCUT2D eigenvalue weighted by Gasteiger charge is -2.27. The van der Waals surface area contributed by atoms with Crippen LogP contribution in [0.25, 0.3) is 0 Å². The highest BCUT2D eigenvalue weighted by Crippen LogP contribution is 2.42. The van der Waals surface area contributed by atoms with Gasteiger partial charge in [-0.25, -0.2) is 5.53 Å². The number of nitrogen functional groups attached to an aromatic ring is 1. The number of nitrogens with zero attached hydrogens (tertiary/aromatic N) is 1. The minimum absolute atomic E-state index is 0.000300. The largest absolute Gasteiger partial charge is 0.493 e. The highest BCUT2D eigenvalue weighted by atomic mass is 35.5. The first-order valence-corrected chi connectivity index (χ1v) is 8.21. The summed E-state index contributed by atoms with van der Waals surface area (Å²) in [6, 6.07) is 11.0. The van der Waals surface area contributed by atoms with E-state index in [2.05, 4.69) is 24.3 Å². The second-order valence-corrected chi connectivity index (χ2v) is 7.36. The molecule has 0 aliphatic carbocycles. The molecule has 5 nitrogen and oxygen atoms in total. The maximum absolute atomic E-state index is 7.38. The lowest BCUT2D eigenvalue weighted by Crippen LogP contribution is -2.23. The fourth-order valence-electron chi connectivity index (χ4n) is 3.00. The molecule has 3 rings (SSSR count). The predicted molar refractivity (Wildman–Crippen MR) is 97.4 cm³/mol. The SMILES string of the molecule is CC1(C)COc2ccc(Cl)cc2C(Nc2ccc(N)cc2N=N)C1. The van der Waals surface area contributed by atoms with Crippen LogP contribution in [-0.4, -0.2) is 6.61 Å². The Morgan fingerprint density at radius 3 is 2.83 bits per heavy atom. The lowest BCUT2D eigenvalue weighted by atomic mass is 9.85. The molecule has 126 valence electrons. The molecule has 1 aliphatic heterocycles. The Labute approximate surface area is 146 Å². The first-order chi connectivity index (χ1) is 11.4. The van der Waals surface area contributed by atoms with Crippen molar-refractivity contribution in [3.05, 3.63) is 47.0 Å². The smallest absolute Gasteiger partial charge is 0.124 e. The van der Waals surface area contributed by atoms with Gasteiger partial charge >= 0.3 is 0 Å². The molecule has 0 spiro atoms. The third-order valence-corrected chi connectivity index (χ3v) is 4.43. The molecule has 1 aliphatic rings. The summed E-state index contributed by atoms with van der Waals surface area (Å²) in [5, 5.41) is 7.75. The van der Waals surface area contributed by atoms with Crippen molar-refractivity contribution < 1.29 is 4.74 Å². The molecule has 2 aromatic rings. The number of hydrogen-bond acceptors (Lipinski definition) is 5. The minimum atomic E-state index is -0.00472. The van der Waals surface area contributed by atoms with E-state index in [0.29, 0.717) is 23.0 Å². The third-order valence-electron chi connectivity index (χ3n) is 4.19. The van der Waals surface area contributed by atoms with Gasteiger partial charge in [0.1, 0.15) is 11.4 Å². The molecule has 6 heteroatoms. The topological polar surface area (TPSA) is 83.5 Å². The number of rotatable bonds is 3. The van der Waals surface area contributed by atoms with Crippen LogP contribution in [0.4, 0.5) is 17.1 Å². The monoisotopic (exact) mass is 344 g/mol. The summed E-state index contributed by atoms with van der Waals surface area (Å²) in [6.07, 6.45) is 0.863. The van der Waals surface area contributed by atoms with Crippen LogP contribution in [0, 0.1) is 10.9 Å². The van der Waals surface area contributed by atoms with Gasteiger partial charge in [-0.2, -0.15) is 5.11 Å². The number of hydrogen-bond donors (Lipinski definition) is 3. The molecule has 1 atom stereocenters. The van der Waals surface area contributed by atoms with Gasteiger partial charge in [0.25, 0.3) is 0 Å². The number of benzene rings is 2. The molecule has 0 amide bonds. The molecule has 0 fully saturated rings. The van der Waals surface area contributed by atoms with E-state index in [9.17, 15) is 0 Å². The van der Waals surface area contributed by atoms with E-state index < -0.39 is 0 Å². The van der Waals surface area contributed by atoms with Crippen LogP contribution in [0.2, 0.25) is 5.02 Å². The zero-order valence-corrected chi connectivity index (χ0v) is 14.5. The van der Waals surface area contributed by atoms with E-state index >= 15 is 0 Å². The fraction of sp³-hybridized carbons (Fsp3) is 0.333. The second-order valence-electron chi connectivity index (χ2n) is 6.92. The Morgan fingerprint density at radius 1 is 1.29 bits per heavy atom. The number of fused-ring (bicyclic) bond motifs is 1. The van der Waals surface area contributed by atoms with Gasteiger partial charge in [-0.1, -0.05) is 25.4 Å². The van der Waals surface area contributed by atoms with Crippen LogP contribution in [0.3, 0.4) is 0 Å². The fourth-order valence-corrected chi connectivity index (χ4v) is 3.18. The van der Waals surface area contributed by atoms with E-state index in [1.165, 1.54) is 0 Å². The summed E-state index contributed by atoms with van der Waals surface area (Å²) in [5.74, 6) is 0.835. The van der Waals surface area contributed by atoms with Crippen molar-refractivity contribution in [1.29, 1.82) is 5.53 Å². The maximum atomic E-state index is 7.38. The zero-order chi connectivity index (χ0) is 17.3. The van der Waals surface area contributed by atoms with E-state index in [4.69, 9.17) is 27.6 Å². The Morgan fingerprint density at radius 2 is 2.08 bits per heavy atom. The van der Waals surface area contributed by atoms with E-state index in [-0.39, 0.29) is 11.5 Å². The van der Waals surface area contributed by atoms with Gasteiger partial charge in [0.15, 0.2) is 0 Å². The standard InChI is InChI=1S/C18H21ClN4O/c1-18(2)9-16(13-7-11(19)3-6-17(13)24-10-18)22-14-5-4-12(20)8-15(14)23-21/h3-8,16,21-22H,9-10,20H2,1-2H3. The van der Waals surface area contributed by atoms with Gasteiger partial charge in [0.2, 0.25) is 0 Å². The summed E-state index contributed by atoms with van der Waals surface area (Å²) in [7, 11) is 0. The van der Waals surface area contributed by atoms with Crippen LogP contribution in [0.5, 0.6) is 5.75 Å². The van der Waals surface area contributed by atoms with Crippen molar-refractivity contribution in [2.24, 2.45) is 10.5 Å². The molecule has 0 aromatic heterocycles. The molecule has 1 unspecified atom stereocenters. The second kappa shape index (κ2) is 6.32. The van der Waals surface area contributed by atoms with Gasteiger partial charge in [-0.05, 0) is 42.8 Å². The number of ether oxygens (including phenoxy) is 1. The lowest BCUT2D eigenvalue weighted by molar-refractivity contribution is 0.178. The van der Waals surface area contributed by atoms with Crippen LogP contribution >= 0.6 is 11.6 Å². The van der Waals surface area contributed by atoms with Crippen molar-refractivity contribution in [3.63, 3.8) is 0 Å². The van der Waals surface area contributed by atoms with Gasteiger partial charge in [-0.15, -0.1) is 0 Å². The summed E-state index contributed by atoms with van der Waals surface area (Å²) >= 11 is 6.20. The van der Waals surface area contributed by atoms with Gasteiger partial charge in [0, 0.05) is 21.7 Å². The van der Waals surface area contributed by atoms with Crippen molar-refractivity contribution in [3.8, 4) is 5.75 Å². The molecule has 0 saturated heterocycles. The van der Waals surface area contributed by atoms with Crippen molar-refractivity contribution in [2.45, 2.75) is 26.3 Å². The average molecular weight is 345 g/mol. The normalized spacial score (nSPS) is 18.9. The van der Waals surface area contributed by atoms with E-state index in [1.807, 2.05) is 24.3 Å². The molecular formula is C18H21ClN4O. The molecule has 0 bridgehead atoms. The van der Waals surface area contributed by atoms with E-state index in [1.54, 1.807) is 12.1 Å². The van der Waals surface area contributed by atoms with Crippen molar-refractivity contribution in [2.75, 3.05) is 17.7 Å². The Kier molecular flexibility index (Phi) is 4.37. The molecule has 4 N–H and O–H groups in total. The summed E-state index contributed by atoms with van der Waals surface area (Å²) in [4.78, 5) is 0. The first kappa shape index (κ1) is 16.6. The maximum Gasteiger partial charge on any atom is 0.124 e. The van der Waals surface area contributed by atoms with E-state index in [0.717, 1.165) is 23.4 Å². The first-order valence-electron chi connectivity index (χ1n) is 7.84. The van der Waals surface area contributed by atoms with Crippen LogP contribution in [0.1, 0.15) is 31.9 Å². The number of nitrogens with two attached hydrogens (primary N) is 1. The molecule has 1 heterocycles. The highest BCUT2D eigenvalue weighted by Gasteiger charge is 2.31. The summed E-state index contributed by atoms with van der Waals surface area (Å²) in [6.45, 7) is 4.99. The molecule has 2 aromatic carbocycles. The zero-order valence-electron chi connectivity index (χ0n) is 13.8. The number of halogens is 1. The quantitative estimate of drug-likeness (QED) is 0.504. The minimum Gasteiger partial charge on any atom is -0.493 e. The molecule has 0 saturated carbocycles. The van der Waals surface area contributed by atoms with Gasteiger partial charge in [-0.3, -0.25) is 0 Å². The van der Waals surface area contributed by atoms with Crippen LogP contribution in [-0.2, 0) is 0 Å². The predicted octanol–water partition coefficient (Wildman–Crippen LogP) is 5.55. The molecule has 0 radical (unpaired) electrons. The third kappa shape index (κ3) is 3.46. The summed E-state index contributed by atoms with van der Waals surface area (Å²) < 4.78 is 5.98. The molecular weight excluding hydrogens is 324 g/mol. The van der Waals surface area contributed by atoms with Crippen molar-refractivity contribution in [1.82, 2.24) is 0 Å². The van der Waals surface area contributed by atoms with Gasteiger partial charge < -0.3 is 15.8 Å². The average Bonchev–Trinajstić information content (AvgIpc) is 2.65. The Hall–Kier alpha value is -2.27. The molecule has 24 heavy (non-hydrogen) atoms. The van der Waals surface area contributed by atoms with Crippen LogP contribution < -0.4 is 15.8 Å². The Balaban J connectivity index is 2.02. The highest BCUT2D eigenvalue weighted by molar-refractivity contribution is 6.30. The van der Waals surface area contributed by atoms with Gasteiger partial charge in [0.05, 0.1) is 18.3 Å².